The van der Waals surface area contributed by atoms with Crippen molar-refractivity contribution in [2.75, 3.05) is 0 Å². The second kappa shape index (κ2) is 7.61. The first-order chi connectivity index (χ1) is 13.5. The second-order valence-electron chi connectivity index (χ2n) is 5.65. The van der Waals surface area contributed by atoms with E-state index in [1.165, 1.54) is 41.9 Å². The molecule has 11 heteroatoms. The Morgan fingerprint density at radius 1 is 1.04 bits per heavy atom. The molecule has 0 amide bonds. The molecule has 142 valence electrons. The Kier molecular flexibility index (Phi) is 5.01. The van der Waals surface area contributed by atoms with Crippen LogP contribution in [0, 0.1) is 0 Å². The number of aromatic nitrogens is 6. The number of nitrogens with zero attached hydrogens (tertiary/aromatic N) is 6. The molecule has 4 aromatic rings. The van der Waals surface area contributed by atoms with Crippen molar-refractivity contribution in [1.82, 2.24) is 29.9 Å². The maximum Gasteiger partial charge on any atom is 0.387 e. The van der Waals surface area contributed by atoms with Crippen LogP contribution in [0.25, 0.3) is 16.6 Å². The normalized spacial score (nSPS) is 11.3. The third-order valence-corrected chi connectivity index (χ3v) is 4.62. The second-order valence-corrected chi connectivity index (χ2v) is 6.47. The molecular formula is C17H10Cl2F2N6O. The van der Waals surface area contributed by atoms with Gasteiger partial charge < -0.3 is 4.74 Å². The standard InChI is InChI=1S/C17H10Cl2F2N6O/c18-13-5-22-6-14(19)12(13)4-15-10-2-1-9(28-17(20)21)3-11(10)16(26-25-15)27-8-23-7-24-27/h1-3,5-8,17H,4H2. The van der Waals surface area contributed by atoms with Crippen molar-refractivity contribution < 1.29 is 13.5 Å². The Morgan fingerprint density at radius 2 is 1.82 bits per heavy atom. The fourth-order valence-corrected chi connectivity index (χ4v) is 3.24. The highest BCUT2D eigenvalue weighted by molar-refractivity contribution is 6.35. The van der Waals surface area contributed by atoms with Crippen molar-refractivity contribution in [1.29, 1.82) is 0 Å². The van der Waals surface area contributed by atoms with Gasteiger partial charge in [0.2, 0.25) is 0 Å². The summed E-state index contributed by atoms with van der Waals surface area (Å²) in [4.78, 5) is 7.81. The molecule has 4 rings (SSSR count). The Balaban J connectivity index is 1.88. The predicted octanol–water partition coefficient (Wildman–Crippen LogP) is 4.10. The van der Waals surface area contributed by atoms with E-state index in [0.717, 1.165) is 0 Å². The lowest BCUT2D eigenvalue weighted by atomic mass is 10.0. The molecule has 0 unspecified atom stereocenters. The minimum Gasteiger partial charge on any atom is -0.435 e. The van der Waals surface area contributed by atoms with Gasteiger partial charge in [-0.05, 0) is 23.8 Å². The summed E-state index contributed by atoms with van der Waals surface area (Å²) in [5.74, 6) is 0.311. The van der Waals surface area contributed by atoms with Crippen LogP contribution in [-0.2, 0) is 6.42 Å². The van der Waals surface area contributed by atoms with Gasteiger partial charge in [0.05, 0.1) is 15.7 Å². The number of hydrogen-bond acceptors (Lipinski definition) is 6. The third kappa shape index (κ3) is 3.58. The van der Waals surface area contributed by atoms with E-state index in [4.69, 9.17) is 23.2 Å². The van der Waals surface area contributed by atoms with Crippen LogP contribution in [0.2, 0.25) is 10.0 Å². The zero-order valence-electron chi connectivity index (χ0n) is 13.9. The van der Waals surface area contributed by atoms with E-state index in [-0.39, 0.29) is 12.2 Å². The lowest BCUT2D eigenvalue weighted by Gasteiger charge is -2.12. The summed E-state index contributed by atoms with van der Waals surface area (Å²) in [6, 6.07) is 4.51. The van der Waals surface area contributed by atoms with Crippen molar-refractivity contribution in [2.24, 2.45) is 0 Å². The van der Waals surface area contributed by atoms with E-state index in [1.807, 2.05) is 0 Å². The highest BCUT2D eigenvalue weighted by Gasteiger charge is 2.16. The molecule has 7 nitrogen and oxygen atoms in total. The summed E-state index contributed by atoms with van der Waals surface area (Å²) in [5.41, 5.74) is 1.19. The maximum absolute atomic E-state index is 12.6. The van der Waals surface area contributed by atoms with E-state index >= 15 is 0 Å². The number of alkyl halides is 2. The zero-order valence-corrected chi connectivity index (χ0v) is 15.4. The Bertz CT molecular complexity index is 1120. The van der Waals surface area contributed by atoms with Gasteiger partial charge in [-0.2, -0.15) is 19.0 Å². The maximum atomic E-state index is 12.6. The highest BCUT2D eigenvalue weighted by Crippen LogP contribution is 2.31. The Labute approximate surface area is 166 Å². The number of ether oxygens (including phenoxy) is 1. The summed E-state index contributed by atoms with van der Waals surface area (Å²) < 4.78 is 31.2. The third-order valence-electron chi connectivity index (χ3n) is 3.97. The number of rotatable bonds is 5. The lowest BCUT2D eigenvalue weighted by Crippen LogP contribution is -2.07. The first-order valence-corrected chi connectivity index (χ1v) is 8.65. The predicted molar refractivity (Wildman–Crippen MR) is 98.2 cm³/mol. The number of halogens is 4. The van der Waals surface area contributed by atoms with Gasteiger partial charge in [0, 0.05) is 29.6 Å². The quantitative estimate of drug-likeness (QED) is 0.481. The van der Waals surface area contributed by atoms with Gasteiger partial charge in [0.1, 0.15) is 18.4 Å². The Hall–Kier alpha value is -2.91. The molecule has 0 bridgehead atoms. The van der Waals surface area contributed by atoms with E-state index in [0.29, 0.717) is 37.9 Å². The first-order valence-electron chi connectivity index (χ1n) is 7.90. The van der Waals surface area contributed by atoms with Crippen LogP contribution < -0.4 is 4.74 Å². The molecule has 0 atom stereocenters. The minimum atomic E-state index is -2.95. The average molecular weight is 423 g/mol. The number of pyridine rings is 1. The Morgan fingerprint density at radius 3 is 2.50 bits per heavy atom. The van der Waals surface area contributed by atoms with Crippen LogP contribution in [0.3, 0.4) is 0 Å². The molecule has 3 aromatic heterocycles. The van der Waals surface area contributed by atoms with Crippen molar-refractivity contribution in [2.45, 2.75) is 13.0 Å². The molecule has 0 aliphatic carbocycles. The van der Waals surface area contributed by atoms with Gasteiger partial charge in [-0.25, -0.2) is 9.67 Å². The fourth-order valence-electron chi connectivity index (χ4n) is 2.74. The SMILES string of the molecule is FC(F)Oc1ccc2c(Cc3c(Cl)cncc3Cl)nnc(-n3cncn3)c2c1. The lowest BCUT2D eigenvalue weighted by molar-refractivity contribution is -0.0497. The van der Waals surface area contributed by atoms with Crippen molar-refractivity contribution in [3.63, 3.8) is 0 Å². The monoisotopic (exact) mass is 422 g/mol. The molecule has 3 heterocycles. The highest BCUT2D eigenvalue weighted by atomic mass is 35.5. The van der Waals surface area contributed by atoms with Crippen LogP contribution >= 0.6 is 23.2 Å². The fraction of sp³-hybridized carbons (Fsp3) is 0.118. The van der Waals surface area contributed by atoms with Crippen LogP contribution in [0.5, 0.6) is 5.75 Å². The molecule has 0 fully saturated rings. The summed E-state index contributed by atoms with van der Waals surface area (Å²) in [5, 5.41) is 14.4. The van der Waals surface area contributed by atoms with Gasteiger partial charge in [-0.1, -0.05) is 23.2 Å². The van der Waals surface area contributed by atoms with Crippen molar-refractivity contribution in [3.8, 4) is 11.6 Å². The first kappa shape index (κ1) is 18.5. The molecule has 0 radical (unpaired) electrons. The zero-order chi connectivity index (χ0) is 19.7. The van der Waals surface area contributed by atoms with Crippen molar-refractivity contribution in [3.05, 3.63) is 64.6 Å². The van der Waals surface area contributed by atoms with Crippen LogP contribution in [0.4, 0.5) is 8.78 Å². The van der Waals surface area contributed by atoms with Gasteiger partial charge >= 0.3 is 6.61 Å². The van der Waals surface area contributed by atoms with Gasteiger partial charge in [0.25, 0.3) is 0 Å². The molecule has 1 aromatic carbocycles. The number of hydrogen-bond donors (Lipinski definition) is 0. The molecule has 0 saturated carbocycles. The summed E-state index contributed by atoms with van der Waals surface area (Å²) in [6.45, 7) is -2.95. The van der Waals surface area contributed by atoms with E-state index < -0.39 is 6.61 Å². The van der Waals surface area contributed by atoms with Crippen LogP contribution in [-0.4, -0.2) is 36.6 Å². The number of benzene rings is 1. The van der Waals surface area contributed by atoms with Gasteiger partial charge in [-0.15, -0.1) is 5.10 Å². The molecule has 0 N–H and O–H groups in total. The molecule has 0 saturated heterocycles. The summed E-state index contributed by atoms with van der Waals surface area (Å²) >= 11 is 12.4. The molecule has 28 heavy (non-hydrogen) atoms. The average Bonchev–Trinajstić information content (AvgIpc) is 3.18. The molecule has 0 spiro atoms. The van der Waals surface area contributed by atoms with Gasteiger partial charge in [0.15, 0.2) is 5.82 Å². The van der Waals surface area contributed by atoms with Crippen molar-refractivity contribution >= 4 is 34.0 Å². The smallest absolute Gasteiger partial charge is 0.387 e. The van der Waals surface area contributed by atoms with Crippen LogP contribution in [0.15, 0.2) is 43.2 Å². The molecular weight excluding hydrogens is 413 g/mol. The van der Waals surface area contributed by atoms with E-state index in [1.54, 1.807) is 6.07 Å². The largest absolute Gasteiger partial charge is 0.435 e. The van der Waals surface area contributed by atoms with Gasteiger partial charge in [-0.3, -0.25) is 4.98 Å². The molecule has 0 aliphatic heterocycles. The van der Waals surface area contributed by atoms with E-state index in [9.17, 15) is 8.78 Å². The topological polar surface area (TPSA) is 78.6 Å². The summed E-state index contributed by atoms with van der Waals surface area (Å²) in [7, 11) is 0. The summed E-state index contributed by atoms with van der Waals surface area (Å²) in [6.07, 6.45) is 6.00. The number of fused-ring (bicyclic) bond motifs is 1. The minimum absolute atomic E-state index is 0.0113. The van der Waals surface area contributed by atoms with Crippen LogP contribution in [0.1, 0.15) is 11.3 Å². The molecule has 0 aliphatic rings. The van der Waals surface area contributed by atoms with E-state index in [2.05, 4.69) is 30.0 Å².